The molecule has 0 aromatic carbocycles. The summed E-state index contributed by atoms with van der Waals surface area (Å²) in [7, 11) is 1.55. The molecule has 28 heavy (non-hydrogen) atoms. The molecular weight excluding hydrogens is 369 g/mol. The zero-order valence-electron chi connectivity index (χ0n) is 16.3. The van der Waals surface area contributed by atoms with Gasteiger partial charge in [-0.25, -0.2) is 9.97 Å². The first-order valence-corrected chi connectivity index (χ1v) is 10.3. The third-order valence-corrected chi connectivity index (χ3v) is 6.70. The van der Waals surface area contributed by atoms with Crippen LogP contribution in [-0.2, 0) is 17.5 Å². The van der Waals surface area contributed by atoms with Crippen LogP contribution >= 0.6 is 0 Å². The average Bonchev–Trinajstić information content (AvgIpc) is 2.82. The number of alkyl halides is 3. The molecule has 0 amide bonds. The maximum atomic E-state index is 13.6. The van der Waals surface area contributed by atoms with Crippen molar-refractivity contribution < 1.29 is 17.9 Å². The third kappa shape index (κ3) is 4.27. The molecule has 1 aromatic heterocycles. The van der Waals surface area contributed by atoms with E-state index in [1.165, 1.54) is 25.5 Å². The summed E-state index contributed by atoms with van der Waals surface area (Å²) in [4.78, 5) is 8.19. The average molecular weight is 398 g/mol. The molecule has 4 fully saturated rings. The quantitative estimate of drug-likeness (QED) is 0.680. The number of rotatable bonds is 7. The molecule has 5 rings (SSSR count). The van der Waals surface area contributed by atoms with Crippen molar-refractivity contribution in [1.29, 1.82) is 0 Å². The molecule has 5 nitrogen and oxygen atoms in total. The maximum absolute atomic E-state index is 13.6. The molecule has 1 aromatic rings. The van der Waals surface area contributed by atoms with Gasteiger partial charge in [0.05, 0.1) is 6.61 Å². The van der Waals surface area contributed by atoms with Crippen LogP contribution in [0.1, 0.15) is 56.2 Å². The summed E-state index contributed by atoms with van der Waals surface area (Å²) < 4.78 is 45.7. The lowest BCUT2D eigenvalue weighted by Crippen LogP contribution is -2.45. The second-order valence-corrected chi connectivity index (χ2v) is 8.89. The standard InChI is InChI=1S/C20H29F3N4O/c1-28-5-4-24-11-16-12-25-18(26-17(16)20(21,22)23)27-19-3-2-13-6-14(9-19)8-15(7-13)10-19/h12-15,24H,2-11H2,1H3,(H,25,26,27). The molecule has 0 spiro atoms. The second kappa shape index (κ2) is 7.78. The van der Waals surface area contributed by atoms with Crippen molar-refractivity contribution in [1.82, 2.24) is 15.3 Å². The van der Waals surface area contributed by atoms with Crippen molar-refractivity contribution in [2.24, 2.45) is 17.8 Å². The molecule has 4 saturated carbocycles. The number of ether oxygens (including phenoxy) is 1. The SMILES string of the molecule is COCCNCc1cnc(NC23CCC4CC(CC(C4)C2)C3)nc1C(F)(F)F. The fourth-order valence-electron chi connectivity index (χ4n) is 5.79. The summed E-state index contributed by atoms with van der Waals surface area (Å²) >= 11 is 0. The van der Waals surface area contributed by atoms with E-state index in [1.54, 1.807) is 7.11 Å². The summed E-state index contributed by atoms with van der Waals surface area (Å²) in [5.41, 5.74) is -0.923. The summed E-state index contributed by atoms with van der Waals surface area (Å²) in [5.74, 6) is 2.30. The van der Waals surface area contributed by atoms with E-state index in [0.29, 0.717) is 25.0 Å². The second-order valence-electron chi connectivity index (χ2n) is 8.89. The molecule has 0 aliphatic heterocycles. The van der Waals surface area contributed by atoms with E-state index in [-0.39, 0.29) is 23.6 Å². The number of nitrogens with zero attached hydrogens (tertiary/aromatic N) is 2. The third-order valence-electron chi connectivity index (χ3n) is 6.70. The first-order chi connectivity index (χ1) is 13.4. The van der Waals surface area contributed by atoms with Crippen LogP contribution < -0.4 is 10.6 Å². The molecule has 4 bridgehead atoms. The number of hydrogen-bond acceptors (Lipinski definition) is 5. The Balaban J connectivity index is 1.53. The zero-order chi connectivity index (χ0) is 19.8. The lowest BCUT2D eigenvalue weighted by atomic mass is 9.65. The largest absolute Gasteiger partial charge is 0.433 e. The monoisotopic (exact) mass is 398 g/mol. The van der Waals surface area contributed by atoms with Crippen LogP contribution in [0.5, 0.6) is 0 Å². The molecular formula is C20H29F3N4O. The fourth-order valence-corrected chi connectivity index (χ4v) is 5.79. The Labute approximate surface area is 163 Å². The highest BCUT2D eigenvalue weighted by Crippen LogP contribution is 2.53. The van der Waals surface area contributed by atoms with E-state index in [1.807, 2.05) is 0 Å². The van der Waals surface area contributed by atoms with Crippen LogP contribution in [0, 0.1) is 17.8 Å². The Bertz CT molecular complexity index is 683. The smallest absolute Gasteiger partial charge is 0.383 e. The minimum absolute atomic E-state index is 0.0649. The first-order valence-electron chi connectivity index (χ1n) is 10.3. The summed E-state index contributed by atoms with van der Waals surface area (Å²) in [6.45, 7) is 0.976. The topological polar surface area (TPSA) is 59.1 Å². The van der Waals surface area contributed by atoms with E-state index >= 15 is 0 Å². The van der Waals surface area contributed by atoms with Gasteiger partial charge in [0.15, 0.2) is 5.69 Å². The Kier molecular flexibility index (Phi) is 5.53. The van der Waals surface area contributed by atoms with Crippen molar-refractivity contribution in [3.63, 3.8) is 0 Å². The number of hydrogen-bond donors (Lipinski definition) is 2. The number of methoxy groups -OCH3 is 1. The van der Waals surface area contributed by atoms with Crippen molar-refractivity contribution >= 4 is 5.95 Å². The predicted octanol–water partition coefficient (Wildman–Crippen LogP) is 4.00. The van der Waals surface area contributed by atoms with Crippen molar-refractivity contribution in [3.05, 3.63) is 17.5 Å². The van der Waals surface area contributed by atoms with Crippen LogP contribution in [-0.4, -0.2) is 35.8 Å². The Morgan fingerprint density at radius 2 is 1.89 bits per heavy atom. The van der Waals surface area contributed by atoms with Crippen LogP contribution in [0.15, 0.2) is 6.20 Å². The molecule has 1 heterocycles. The van der Waals surface area contributed by atoms with Gasteiger partial charge in [-0.05, 0) is 62.7 Å². The molecule has 4 aliphatic rings. The van der Waals surface area contributed by atoms with Gasteiger partial charge >= 0.3 is 6.18 Å². The number of aromatic nitrogens is 2. The van der Waals surface area contributed by atoms with Crippen LogP contribution in [0.4, 0.5) is 19.1 Å². The summed E-state index contributed by atoms with van der Waals surface area (Å²) in [5, 5.41) is 6.32. The van der Waals surface area contributed by atoms with Crippen LogP contribution in [0.3, 0.4) is 0 Å². The van der Waals surface area contributed by atoms with Gasteiger partial charge in [-0.15, -0.1) is 0 Å². The molecule has 156 valence electrons. The predicted molar refractivity (Wildman–Crippen MR) is 99.8 cm³/mol. The minimum Gasteiger partial charge on any atom is -0.383 e. The van der Waals surface area contributed by atoms with Crippen molar-refractivity contribution in [2.45, 2.75) is 63.2 Å². The minimum atomic E-state index is -4.50. The van der Waals surface area contributed by atoms with Gasteiger partial charge in [0, 0.05) is 37.5 Å². The zero-order valence-corrected chi connectivity index (χ0v) is 16.3. The highest BCUT2D eigenvalue weighted by molar-refractivity contribution is 5.35. The highest BCUT2D eigenvalue weighted by atomic mass is 19.4. The van der Waals surface area contributed by atoms with Gasteiger partial charge in [0.2, 0.25) is 5.95 Å². The van der Waals surface area contributed by atoms with Crippen molar-refractivity contribution in [2.75, 3.05) is 25.6 Å². The number of anilines is 1. The molecule has 8 heteroatoms. The molecule has 0 radical (unpaired) electrons. The lowest BCUT2D eigenvalue weighted by molar-refractivity contribution is -0.141. The van der Waals surface area contributed by atoms with Gasteiger partial charge in [0.1, 0.15) is 0 Å². The lowest BCUT2D eigenvalue weighted by Gasteiger charge is -2.45. The van der Waals surface area contributed by atoms with Gasteiger partial charge in [0.25, 0.3) is 0 Å². The first kappa shape index (κ1) is 19.9. The van der Waals surface area contributed by atoms with Gasteiger partial charge < -0.3 is 15.4 Å². The summed E-state index contributed by atoms with van der Waals surface area (Å²) in [6, 6.07) is 0. The molecule has 4 aliphatic carbocycles. The van der Waals surface area contributed by atoms with E-state index in [4.69, 9.17) is 4.74 Å². The molecule has 2 N–H and O–H groups in total. The van der Waals surface area contributed by atoms with E-state index in [2.05, 4.69) is 20.6 Å². The van der Waals surface area contributed by atoms with E-state index in [9.17, 15) is 13.2 Å². The van der Waals surface area contributed by atoms with Gasteiger partial charge in [-0.3, -0.25) is 0 Å². The number of nitrogens with one attached hydrogen (secondary N) is 2. The molecule has 2 unspecified atom stereocenters. The molecule has 2 atom stereocenters. The molecule has 0 saturated heterocycles. The summed E-state index contributed by atoms with van der Waals surface area (Å²) in [6.07, 6.45) is 4.88. The fraction of sp³-hybridized carbons (Fsp3) is 0.800. The number of halogens is 3. The highest BCUT2D eigenvalue weighted by Gasteiger charge is 2.48. The Hall–Kier alpha value is -1.41. The van der Waals surface area contributed by atoms with Crippen molar-refractivity contribution in [3.8, 4) is 0 Å². The van der Waals surface area contributed by atoms with E-state index in [0.717, 1.165) is 31.6 Å². The van der Waals surface area contributed by atoms with Gasteiger partial charge in [-0.2, -0.15) is 13.2 Å². The maximum Gasteiger partial charge on any atom is 0.433 e. The van der Waals surface area contributed by atoms with Crippen LogP contribution in [0.2, 0.25) is 0 Å². The normalized spacial score (nSPS) is 31.8. The number of fused-ring (bicyclic) bond motifs is 1. The van der Waals surface area contributed by atoms with Gasteiger partial charge in [-0.1, -0.05) is 0 Å². The van der Waals surface area contributed by atoms with E-state index < -0.39 is 11.9 Å². The Morgan fingerprint density at radius 3 is 2.57 bits per heavy atom. The van der Waals surface area contributed by atoms with Crippen LogP contribution in [0.25, 0.3) is 0 Å². The Morgan fingerprint density at radius 1 is 1.18 bits per heavy atom.